The number of nitrogens with one attached hydrogen (secondary N) is 1. The van der Waals surface area contributed by atoms with Crippen molar-refractivity contribution < 1.29 is 13.2 Å². The Labute approximate surface area is 187 Å². The Balaban J connectivity index is 1.57. The lowest BCUT2D eigenvalue weighted by molar-refractivity contribution is -0.130. The van der Waals surface area contributed by atoms with Crippen molar-refractivity contribution in [1.29, 1.82) is 0 Å². The van der Waals surface area contributed by atoms with E-state index in [1.54, 1.807) is 11.9 Å². The highest BCUT2D eigenvalue weighted by Gasteiger charge is 2.34. The highest BCUT2D eigenvalue weighted by Crippen LogP contribution is 2.34. The van der Waals surface area contributed by atoms with Crippen LogP contribution in [0.2, 0.25) is 0 Å². The molecule has 6 nitrogen and oxygen atoms in total. The molecule has 2 atom stereocenters. The van der Waals surface area contributed by atoms with Crippen LogP contribution in [0.15, 0.2) is 65.8 Å². The Hall–Kier alpha value is -2.58. The summed E-state index contributed by atoms with van der Waals surface area (Å²) in [5.41, 5.74) is 3.76. The molecule has 1 fully saturated rings. The third kappa shape index (κ3) is 4.85. The Kier molecular flexibility index (Phi) is 6.20. The van der Waals surface area contributed by atoms with Gasteiger partial charge in [0.15, 0.2) is 15.0 Å². The van der Waals surface area contributed by atoms with Gasteiger partial charge < -0.3 is 9.88 Å². The molecule has 0 aliphatic carbocycles. The zero-order valence-corrected chi connectivity index (χ0v) is 19.1. The molecule has 1 N–H and O–H groups in total. The summed E-state index contributed by atoms with van der Waals surface area (Å²) in [6.07, 6.45) is 0.499. The minimum atomic E-state index is -3.04. The maximum Gasteiger partial charge on any atom is 0.235 e. The van der Waals surface area contributed by atoms with Crippen LogP contribution in [0.1, 0.15) is 13.3 Å². The molecule has 0 saturated carbocycles. The number of H-pyrrole nitrogens is 1. The smallest absolute Gasteiger partial charge is 0.235 e. The van der Waals surface area contributed by atoms with Crippen LogP contribution >= 0.6 is 11.8 Å². The minimum absolute atomic E-state index is 0.0453. The molecule has 0 unspecified atom stereocenters. The van der Waals surface area contributed by atoms with Gasteiger partial charge in [0.2, 0.25) is 5.91 Å². The van der Waals surface area contributed by atoms with Gasteiger partial charge in [-0.15, -0.1) is 0 Å². The fourth-order valence-electron chi connectivity index (χ4n) is 3.79. The number of amides is 1. The summed E-state index contributed by atoms with van der Waals surface area (Å²) in [7, 11) is -1.35. The zero-order chi connectivity index (χ0) is 22.0. The second-order valence-corrected chi connectivity index (χ2v) is 11.3. The second kappa shape index (κ2) is 8.88. The monoisotopic (exact) mass is 455 g/mol. The van der Waals surface area contributed by atoms with E-state index < -0.39 is 15.1 Å². The van der Waals surface area contributed by atoms with E-state index in [-0.39, 0.29) is 23.5 Å². The van der Waals surface area contributed by atoms with Gasteiger partial charge in [0.05, 0.1) is 28.1 Å². The summed E-state index contributed by atoms with van der Waals surface area (Å²) < 4.78 is 23.6. The summed E-state index contributed by atoms with van der Waals surface area (Å²) in [4.78, 5) is 22.7. The lowest BCUT2D eigenvalue weighted by atomic mass is 10.1. The first-order chi connectivity index (χ1) is 14.8. The van der Waals surface area contributed by atoms with Crippen molar-refractivity contribution in [2.75, 3.05) is 18.6 Å². The third-order valence-electron chi connectivity index (χ3n) is 5.53. The first-order valence-corrected chi connectivity index (χ1v) is 12.9. The Morgan fingerprint density at radius 3 is 2.29 bits per heavy atom. The van der Waals surface area contributed by atoms with E-state index in [1.807, 2.05) is 67.6 Å². The van der Waals surface area contributed by atoms with Gasteiger partial charge in [-0.3, -0.25) is 4.79 Å². The predicted molar refractivity (Wildman–Crippen MR) is 125 cm³/mol. The van der Waals surface area contributed by atoms with E-state index in [0.29, 0.717) is 11.6 Å². The molecule has 3 aromatic rings. The van der Waals surface area contributed by atoms with E-state index in [1.165, 1.54) is 11.8 Å². The number of sulfone groups is 1. The van der Waals surface area contributed by atoms with Crippen molar-refractivity contribution in [3.8, 4) is 22.5 Å². The van der Waals surface area contributed by atoms with Gasteiger partial charge in [0, 0.05) is 24.2 Å². The number of carbonyl (C=O) groups is 1. The first kappa shape index (κ1) is 21.6. The third-order valence-corrected chi connectivity index (χ3v) is 8.25. The van der Waals surface area contributed by atoms with E-state index in [0.717, 1.165) is 22.5 Å². The average Bonchev–Trinajstić information content (AvgIpc) is 3.37. The lowest BCUT2D eigenvalue weighted by Gasteiger charge is -2.25. The molecule has 1 saturated heterocycles. The summed E-state index contributed by atoms with van der Waals surface area (Å²) in [5, 5.41) is 0.262. The van der Waals surface area contributed by atoms with Gasteiger partial charge in [-0.05, 0) is 13.3 Å². The molecule has 2 aromatic carbocycles. The molecule has 4 rings (SSSR count). The summed E-state index contributed by atoms with van der Waals surface area (Å²) >= 11 is 1.36. The quantitative estimate of drug-likeness (QED) is 0.571. The van der Waals surface area contributed by atoms with Gasteiger partial charge in [-0.25, -0.2) is 13.4 Å². The number of aromatic amines is 1. The molecule has 31 heavy (non-hydrogen) atoms. The van der Waals surface area contributed by atoms with Crippen LogP contribution in [0.3, 0.4) is 0 Å². The number of rotatable bonds is 6. The van der Waals surface area contributed by atoms with Gasteiger partial charge in [-0.2, -0.15) is 0 Å². The standard InChI is InChI=1S/C23H25N3O3S2/c1-16(22(27)26(2)19-13-14-31(28,29)15-19)30-23-24-20(17-9-5-3-6-10-17)21(25-23)18-11-7-4-8-12-18/h3-12,16,19H,13-15H2,1-2H3,(H,24,25)/t16-,19-/m1/s1. The number of carbonyl (C=O) groups excluding carboxylic acids is 1. The number of thioether (sulfide) groups is 1. The molecule has 162 valence electrons. The fraction of sp³-hybridized carbons (Fsp3) is 0.304. The second-order valence-electron chi connectivity index (χ2n) is 7.76. The maximum absolute atomic E-state index is 12.9. The summed E-state index contributed by atoms with van der Waals surface area (Å²) in [5.74, 6) is 0.102. The molecular formula is C23H25N3O3S2. The topological polar surface area (TPSA) is 83.1 Å². The molecule has 8 heteroatoms. The summed E-state index contributed by atoms with van der Waals surface area (Å²) in [6.45, 7) is 1.83. The van der Waals surface area contributed by atoms with Crippen molar-refractivity contribution in [3.05, 3.63) is 60.7 Å². The predicted octanol–water partition coefficient (Wildman–Crippen LogP) is 3.87. The molecule has 0 bridgehead atoms. The Morgan fingerprint density at radius 2 is 1.71 bits per heavy atom. The number of hydrogen-bond donors (Lipinski definition) is 1. The van der Waals surface area contributed by atoms with Crippen LogP contribution < -0.4 is 0 Å². The molecule has 0 radical (unpaired) electrons. The highest BCUT2D eigenvalue weighted by atomic mass is 32.2. The van der Waals surface area contributed by atoms with Crippen LogP contribution in [0.5, 0.6) is 0 Å². The van der Waals surface area contributed by atoms with Crippen molar-refractivity contribution in [2.45, 2.75) is 29.8 Å². The summed E-state index contributed by atoms with van der Waals surface area (Å²) in [6, 6.07) is 19.7. The van der Waals surface area contributed by atoms with Crippen LogP contribution in [0.25, 0.3) is 22.5 Å². The largest absolute Gasteiger partial charge is 0.341 e. The molecule has 1 aromatic heterocycles. The maximum atomic E-state index is 12.9. The molecule has 0 spiro atoms. The van der Waals surface area contributed by atoms with E-state index in [9.17, 15) is 13.2 Å². The van der Waals surface area contributed by atoms with Crippen molar-refractivity contribution in [3.63, 3.8) is 0 Å². The number of imidazole rings is 1. The van der Waals surface area contributed by atoms with Crippen LogP contribution in [-0.4, -0.2) is 59.0 Å². The highest BCUT2D eigenvalue weighted by molar-refractivity contribution is 8.00. The van der Waals surface area contributed by atoms with Crippen molar-refractivity contribution in [1.82, 2.24) is 14.9 Å². The van der Waals surface area contributed by atoms with Gasteiger partial charge in [0.25, 0.3) is 0 Å². The van der Waals surface area contributed by atoms with Crippen LogP contribution in [0, 0.1) is 0 Å². The van der Waals surface area contributed by atoms with Gasteiger partial charge in [0.1, 0.15) is 0 Å². The van der Waals surface area contributed by atoms with Crippen LogP contribution in [0.4, 0.5) is 0 Å². The average molecular weight is 456 g/mol. The van der Waals surface area contributed by atoms with Gasteiger partial charge in [-0.1, -0.05) is 72.4 Å². The number of benzene rings is 2. The first-order valence-electron chi connectivity index (χ1n) is 10.2. The molecule has 1 amide bonds. The molecular weight excluding hydrogens is 430 g/mol. The van der Waals surface area contributed by atoms with Crippen molar-refractivity contribution in [2.24, 2.45) is 0 Å². The van der Waals surface area contributed by atoms with E-state index in [4.69, 9.17) is 4.98 Å². The number of hydrogen-bond acceptors (Lipinski definition) is 5. The number of nitrogens with zero attached hydrogens (tertiary/aromatic N) is 2. The Bertz CT molecular complexity index is 1100. The SMILES string of the molecule is C[C@@H](Sc1nc(-c2ccccc2)c(-c2ccccc2)[nH]1)C(=O)N(C)[C@@H]1CCS(=O)(=O)C1. The fourth-order valence-corrected chi connectivity index (χ4v) is 6.47. The minimum Gasteiger partial charge on any atom is -0.341 e. The normalized spacial score (nSPS) is 18.6. The van der Waals surface area contributed by atoms with E-state index >= 15 is 0 Å². The number of aromatic nitrogens is 2. The van der Waals surface area contributed by atoms with Gasteiger partial charge >= 0.3 is 0 Å². The molecule has 2 heterocycles. The molecule has 1 aliphatic heterocycles. The van der Waals surface area contributed by atoms with E-state index in [2.05, 4.69) is 4.98 Å². The lowest BCUT2D eigenvalue weighted by Crippen LogP contribution is -2.41. The van der Waals surface area contributed by atoms with Crippen molar-refractivity contribution >= 4 is 27.5 Å². The Morgan fingerprint density at radius 1 is 1.10 bits per heavy atom. The zero-order valence-electron chi connectivity index (χ0n) is 17.5. The van der Waals surface area contributed by atoms with Crippen LogP contribution in [-0.2, 0) is 14.6 Å². The molecule has 1 aliphatic rings.